The van der Waals surface area contributed by atoms with Gasteiger partial charge in [0, 0.05) is 6.54 Å². The van der Waals surface area contributed by atoms with Gasteiger partial charge in [0.15, 0.2) is 0 Å². The maximum absolute atomic E-state index is 5.35. The fourth-order valence-electron chi connectivity index (χ4n) is 0.781. The van der Waals surface area contributed by atoms with Crippen molar-refractivity contribution in [1.82, 2.24) is 0 Å². The fourth-order valence-corrected chi connectivity index (χ4v) is 0.781. The van der Waals surface area contributed by atoms with E-state index in [4.69, 9.17) is 5.73 Å². The molecule has 0 aliphatic heterocycles. The van der Waals surface area contributed by atoms with Crippen LogP contribution in [0.3, 0.4) is 0 Å². The molecule has 0 spiro atoms. The van der Waals surface area contributed by atoms with Crippen LogP contribution in [-0.2, 0) is 6.54 Å². The summed E-state index contributed by atoms with van der Waals surface area (Å²) in [6, 6.07) is 9.99. The van der Waals surface area contributed by atoms with E-state index < -0.39 is 0 Å². The molecule has 0 saturated heterocycles. The highest BCUT2D eigenvalue weighted by molar-refractivity contribution is 5.13. The molecule has 0 aromatic heterocycles. The van der Waals surface area contributed by atoms with Gasteiger partial charge in [-0.2, -0.15) is 0 Å². The van der Waals surface area contributed by atoms with E-state index in [0.29, 0.717) is 6.54 Å². The van der Waals surface area contributed by atoms with Crippen LogP contribution >= 0.6 is 0 Å². The Kier molecular flexibility index (Phi) is 3.81. The molecule has 1 aliphatic carbocycles. The second-order valence-electron chi connectivity index (χ2n) is 3.37. The van der Waals surface area contributed by atoms with E-state index in [1.807, 2.05) is 30.3 Å². The number of benzene rings is 1. The van der Waals surface area contributed by atoms with E-state index in [1.54, 1.807) is 0 Å². The minimum Gasteiger partial charge on any atom is -0.326 e. The van der Waals surface area contributed by atoms with Crippen molar-refractivity contribution in [2.24, 2.45) is 11.7 Å². The third-order valence-electron chi connectivity index (χ3n) is 1.94. The SMILES string of the molecule is CC1CC1.NCc1ccccc1. The number of hydrogen-bond acceptors (Lipinski definition) is 1. The van der Waals surface area contributed by atoms with Gasteiger partial charge in [0.25, 0.3) is 0 Å². The second-order valence-corrected chi connectivity index (χ2v) is 3.37. The van der Waals surface area contributed by atoms with Crippen molar-refractivity contribution in [3.8, 4) is 0 Å². The van der Waals surface area contributed by atoms with E-state index >= 15 is 0 Å². The van der Waals surface area contributed by atoms with Gasteiger partial charge in [0.05, 0.1) is 0 Å². The molecule has 0 bridgehead atoms. The Balaban J connectivity index is 0.000000150. The molecule has 12 heavy (non-hydrogen) atoms. The Morgan fingerprint density at radius 3 is 2.00 bits per heavy atom. The summed E-state index contributed by atoms with van der Waals surface area (Å²) in [6.45, 7) is 2.92. The lowest BCUT2D eigenvalue weighted by molar-refractivity contribution is 0.983. The van der Waals surface area contributed by atoms with Crippen molar-refractivity contribution in [3.05, 3.63) is 35.9 Å². The number of nitrogens with two attached hydrogens (primary N) is 1. The Morgan fingerprint density at radius 1 is 1.25 bits per heavy atom. The van der Waals surface area contributed by atoms with Gasteiger partial charge in [0.2, 0.25) is 0 Å². The van der Waals surface area contributed by atoms with Crippen LogP contribution in [0.25, 0.3) is 0 Å². The largest absolute Gasteiger partial charge is 0.326 e. The zero-order valence-corrected chi connectivity index (χ0v) is 7.66. The van der Waals surface area contributed by atoms with Crippen LogP contribution in [0.15, 0.2) is 30.3 Å². The highest BCUT2D eigenvalue weighted by atomic mass is 14.5. The first-order valence-corrected chi connectivity index (χ1v) is 4.57. The van der Waals surface area contributed by atoms with Gasteiger partial charge in [-0.05, 0) is 11.5 Å². The van der Waals surface area contributed by atoms with Crippen LogP contribution in [0.5, 0.6) is 0 Å². The fraction of sp³-hybridized carbons (Fsp3) is 0.455. The normalized spacial score (nSPS) is 14.8. The zero-order valence-electron chi connectivity index (χ0n) is 7.66. The summed E-state index contributed by atoms with van der Waals surface area (Å²) in [5, 5.41) is 0. The van der Waals surface area contributed by atoms with E-state index in [2.05, 4.69) is 6.92 Å². The maximum Gasteiger partial charge on any atom is 0.0178 e. The second kappa shape index (κ2) is 4.94. The Morgan fingerprint density at radius 2 is 1.75 bits per heavy atom. The Bertz CT molecular complexity index is 202. The Labute approximate surface area is 74.6 Å². The molecule has 2 rings (SSSR count). The minimum atomic E-state index is 0.640. The minimum absolute atomic E-state index is 0.640. The van der Waals surface area contributed by atoms with Gasteiger partial charge in [-0.25, -0.2) is 0 Å². The lowest BCUT2D eigenvalue weighted by atomic mass is 10.2. The predicted molar refractivity (Wildman–Crippen MR) is 52.7 cm³/mol. The summed E-state index contributed by atoms with van der Waals surface area (Å²) < 4.78 is 0. The van der Waals surface area contributed by atoms with Crippen LogP contribution in [0, 0.1) is 5.92 Å². The van der Waals surface area contributed by atoms with Crippen LogP contribution < -0.4 is 5.73 Å². The van der Waals surface area contributed by atoms with Gasteiger partial charge >= 0.3 is 0 Å². The first kappa shape index (κ1) is 9.27. The van der Waals surface area contributed by atoms with Gasteiger partial charge in [-0.1, -0.05) is 50.1 Å². The average molecular weight is 163 g/mol. The molecule has 1 heteroatoms. The Hall–Kier alpha value is -0.820. The first-order chi connectivity index (χ1) is 5.83. The summed E-state index contributed by atoms with van der Waals surface area (Å²) in [4.78, 5) is 0. The molecular formula is C11H17N. The smallest absolute Gasteiger partial charge is 0.0178 e. The summed E-state index contributed by atoms with van der Waals surface area (Å²) in [5.74, 6) is 1.08. The first-order valence-electron chi connectivity index (χ1n) is 4.57. The molecular weight excluding hydrogens is 146 g/mol. The molecule has 1 aromatic rings. The van der Waals surface area contributed by atoms with Gasteiger partial charge < -0.3 is 5.73 Å². The third kappa shape index (κ3) is 4.14. The maximum atomic E-state index is 5.35. The summed E-state index contributed by atoms with van der Waals surface area (Å²) in [6.07, 6.45) is 2.97. The van der Waals surface area contributed by atoms with Crippen LogP contribution in [0.1, 0.15) is 25.3 Å². The van der Waals surface area contributed by atoms with Gasteiger partial charge in [-0.3, -0.25) is 0 Å². The molecule has 1 saturated carbocycles. The molecule has 0 unspecified atom stereocenters. The molecule has 66 valence electrons. The zero-order chi connectivity index (χ0) is 8.81. The van der Waals surface area contributed by atoms with Crippen LogP contribution in [-0.4, -0.2) is 0 Å². The van der Waals surface area contributed by atoms with E-state index in [1.165, 1.54) is 18.4 Å². The summed E-state index contributed by atoms with van der Waals surface area (Å²) in [7, 11) is 0. The third-order valence-corrected chi connectivity index (χ3v) is 1.94. The summed E-state index contributed by atoms with van der Waals surface area (Å²) >= 11 is 0. The molecule has 1 nitrogen and oxygen atoms in total. The average Bonchev–Trinajstić information content (AvgIpc) is 2.90. The van der Waals surface area contributed by atoms with Crippen molar-refractivity contribution in [2.75, 3.05) is 0 Å². The molecule has 1 aromatic carbocycles. The van der Waals surface area contributed by atoms with Crippen LogP contribution in [0.4, 0.5) is 0 Å². The van der Waals surface area contributed by atoms with Crippen molar-refractivity contribution in [1.29, 1.82) is 0 Å². The van der Waals surface area contributed by atoms with Gasteiger partial charge in [0.1, 0.15) is 0 Å². The quantitative estimate of drug-likeness (QED) is 0.676. The molecule has 0 amide bonds. The monoisotopic (exact) mass is 163 g/mol. The van der Waals surface area contributed by atoms with E-state index in [-0.39, 0.29) is 0 Å². The highest BCUT2D eigenvalue weighted by Crippen LogP contribution is 2.26. The molecule has 0 heterocycles. The topological polar surface area (TPSA) is 26.0 Å². The lowest BCUT2D eigenvalue weighted by Gasteiger charge is -1.90. The summed E-state index contributed by atoms with van der Waals surface area (Å²) in [5.41, 5.74) is 6.54. The predicted octanol–water partition coefficient (Wildman–Crippen LogP) is 2.56. The van der Waals surface area contributed by atoms with Crippen molar-refractivity contribution >= 4 is 0 Å². The van der Waals surface area contributed by atoms with Crippen LogP contribution in [0.2, 0.25) is 0 Å². The van der Waals surface area contributed by atoms with Crippen molar-refractivity contribution in [2.45, 2.75) is 26.3 Å². The standard InChI is InChI=1S/C7H9N.C4H8/c8-6-7-4-2-1-3-5-7;1-4-2-3-4/h1-5H,6,8H2;4H,2-3H2,1H3. The van der Waals surface area contributed by atoms with Crippen molar-refractivity contribution < 1.29 is 0 Å². The van der Waals surface area contributed by atoms with Crippen molar-refractivity contribution in [3.63, 3.8) is 0 Å². The van der Waals surface area contributed by atoms with E-state index in [0.717, 1.165) is 5.92 Å². The molecule has 2 N–H and O–H groups in total. The molecule has 0 atom stereocenters. The van der Waals surface area contributed by atoms with Gasteiger partial charge in [-0.15, -0.1) is 0 Å². The number of hydrogen-bond donors (Lipinski definition) is 1. The number of rotatable bonds is 1. The lowest BCUT2D eigenvalue weighted by Crippen LogP contribution is -1.94. The molecule has 1 fully saturated rings. The van der Waals surface area contributed by atoms with E-state index in [9.17, 15) is 0 Å². The molecule has 1 aliphatic rings. The highest BCUT2D eigenvalue weighted by Gasteiger charge is 2.12. The molecule has 0 radical (unpaired) electrons.